The molecule has 0 saturated carbocycles. The van der Waals surface area contributed by atoms with Crippen LogP contribution >= 0.6 is 0 Å². The van der Waals surface area contributed by atoms with Crippen LogP contribution in [-0.4, -0.2) is 72.3 Å². The standard InChI is InChI=1S/C22H37N3O5/c1-21(2,3)23-10-15(26)12-25-18-8-7-17(9-19(18)30-14-20(25)28)29-13-16(27)11-24-22(4,5)6/h7-9,15-16,23-24,26-27H,10-14H2,1-6H3. The van der Waals surface area contributed by atoms with Gasteiger partial charge >= 0.3 is 0 Å². The van der Waals surface area contributed by atoms with Gasteiger partial charge in [0.05, 0.1) is 18.3 Å². The van der Waals surface area contributed by atoms with Gasteiger partial charge in [-0.1, -0.05) is 0 Å². The number of fused-ring (bicyclic) bond motifs is 1. The summed E-state index contributed by atoms with van der Waals surface area (Å²) in [7, 11) is 0. The van der Waals surface area contributed by atoms with E-state index in [1.54, 1.807) is 23.1 Å². The molecule has 8 nitrogen and oxygen atoms in total. The number of hydrogen-bond donors (Lipinski definition) is 4. The molecule has 0 fully saturated rings. The van der Waals surface area contributed by atoms with E-state index in [0.29, 0.717) is 30.3 Å². The summed E-state index contributed by atoms with van der Waals surface area (Å²) in [5, 5.41) is 26.9. The number of nitrogens with one attached hydrogen (secondary N) is 2. The lowest BCUT2D eigenvalue weighted by Crippen LogP contribution is -2.48. The minimum atomic E-state index is -0.708. The van der Waals surface area contributed by atoms with Crippen LogP contribution in [0.4, 0.5) is 5.69 Å². The molecule has 1 heterocycles. The van der Waals surface area contributed by atoms with Crippen LogP contribution in [0.25, 0.3) is 0 Å². The van der Waals surface area contributed by atoms with Gasteiger partial charge < -0.3 is 35.2 Å². The first kappa shape index (κ1) is 24.4. The fraction of sp³-hybridized carbons (Fsp3) is 0.682. The highest BCUT2D eigenvalue weighted by Crippen LogP contribution is 2.35. The van der Waals surface area contributed by atoms with Gasteiger partial charge in [0.25, 0.3) is 5.91 Å². The van der Waals surface area contributed by atoms with E-state index in [2.05, 4.69) is 10.6 Å². The minimum absolute atomic E-state index is 0.0798. The van der Waals surface area contributed by atoms with Crippen molar-refractivity contribution in [2.75, 3.05) is 37.7 Å². The van der Waals surface area contributed by atoms with Crippen LogP contribution in [0.2, 0.25) is 0 Å². The van der Waals surface area contributed by atoms with Gasteiger partial charge in [-0.2, -0.15) is 0 Å². The number of anilines is 1. The van der Waals surface area contributed by atoms with Gasteiger partial charge in [0.2, 0.25) is 0 Å². The Balaban J connectivity index is 1.97. The van der Waals surface area contributed by atoms with Crippen LogP contribution in [0.3, 0.4) is 0 Å². The zero-order valence-corrected chi connectivity index (χ0v) is 19.0. The monoisotopic (exact) mass is 423 g/mol. The maximum absolute atomic E-state index is 12.3. The Hall–Kier alpha value is -1.87. The molecule has 0 radical (unpaired) electrons. The fourth-order valence-electron chi connectivity index (χ4n) is 2.85. The van der Waals surface area contributed by atoms with Gasteiger partial charge in [-0.3, -0.25) is 4.79 Å². The third kappa shape index (κ3) is 8.10. The summed E-state index contributed by atoms with van der Waals surface area (Å²) in [6.45, 7) is 13.2. The molecule has 8 heteroatoms. The highest BCUT2D eigenvalue weighted by molar-refractivity contribution is 5.98. The summed E-state index contributed by atoms with van der Waals surface area (Å²) in [5.74, 6) is 0.868. The van der Waals surface area contributed by atoms with Crippen molar-refractivity contribution in [1.29, 1.82) is 0 Å². The number of ether oxygens (including phenoxy) is 2. The van der Waals surface area contributed by atoms with E-state index in [0.717, 1.165) is 0 Å². The van der Waals surface area contributed by atoms with E-state index >= 15 is 0 Å². The number of carbonyl (C=O) groups excluding carboxylic acids is 1. The maximum Gasteiger partial charge on any atom is 0.265 e. The second-order valence-electron chi connectivity index (χ2n) is 9.80. The normalized spacial score (nSPS) is 16.7. The Morgan fingerprint density at radius 3 is 2.27 bits per heavy atom. The molecule has 1 aromatic carbocycles. The summed E-state index contributed by atoms with van der Waals surface area (Å²) in [6.07, 6.45) is -1.36. The average molecular weight is 424 g/mol. The van der Waals surface area contributed by atoms with Gasteiger partial charge in [0.1, 0.15) is 24.2 Å². The van der Waals surface area contributed by atoms with Crippen LogP contribution in [0.15, 0.2) is 18.2 Å². The highest BCUT2D eigenvalue weighted by Gasteiger charge is 2.28. The molecule has 0 aromatic heterocycles. The molecule has 1 aromatic rings. The molecule has 2 atom stereocenters. The van der Waals surface area contributed by atoms with Crippen molar-refractivity contribution in [3.05, 3.63) is 18.2 Å². The summed E-state index contributed by atoms with van der Waals surface area (Å²) < 4.78 is 11.2. The molecule has 30 heavy (non-hydrogen) atoms. The second kappa shape index (κ2) is 9.96. The van der Waals surface area contributed by atoms with E-state index in [4.69, 9.17) is 9.47 Å². The molecule has 2 rings (SSSR count). The predicted octanol–water partition coefficient (Wildman–Crippen LogP) is 1.29. The van der Waals surface area contributed by atoms with Crippen molar-refractivity contribution in [3.8, 4) is 11.5 Å². The molecule has 0 saturated heterocycles. The number of aliphatic hydroxyl groups excluding tert-OH is 2. The van der Waals surface area contributed by atoms with Gasteiger partial charge in [-0.05, 0) is 53.7 Å². The quantitative estimate of drug-likeness (QED) is 0.475. The molecule has 0 spiro atoms. The zero-order chi connectivity index (χ0) is 22.5. The Bertz CT molecular complexity index is 712. The summed E-state index contributed by atoms with van der Waals surface area (Å²) in [4.78, 5) is 13.9. The first-order valence-corrected chi connectivity index (χ1v) is 10.4. The smallest absolute Gasteiger partial charge is 0.265 e. The Kier molecular flexibility index (Phi) is 8.10. The van der Waals surface area contributed by atoms with Crippen molar-refractivity contribution in [2.24, 2.45) is 0 Å². The number of benzene rings is 1. The van der Waals surface area contributed by atoms with Gasteiger partial charge in [-0.15, -0.1) is 0 Å². The first-order valence-electron chi connectivity index (χ1n) is 10.4. The van der Waals surface area contributed by atoms with E-state index in [1.807, 2.05) is 41.5 Å². The number of rotatable bonds is 9. The van der Waals surface area contributed by atoms with Crippen molar-refractivity contribution in [1.82, 2.24) is 10.6 Å². The fourth-order valence-corrected chi connectivity index (χ4v) is 2.85. The SMILES string of the molecule is CC(C)(C)NCC(O)COc1ccc2c(c1)OCC(=O)N2CC(O)CNC(C)(C)C. The number of amides is 1. The molecule has 0 aliphatic carbocycles. The average Bonchev–Trinajstić information content (AvgIpc) is 2.64. The van der Waals surface area contributed by atoms with Crippen LogP contribution in [0.5, 0.6) is 11.5 Å². The summed E-state index contributed by atoms with van der Waals surface area (Å²) >= 11 is 0. The lowest BCUT2D eigenvalue weighted by molar-refractivity contribution is -0.121. The summed E-state index contributed by atoms with van der Waals surface area (Å²) in [6, 6.07) is 5.18. The van der Waals surface area contributed by atoms with E-state index in [9.17, 15) is 15.0 Å². The highest BCUT2D eigenvalue weighted by atomic mass is 16.5. The lowest BCUT2D eigenvalue weighted by atomic mass is 10.1. The molecule has 4 N–H and O–H groups in total. The Labute approximate surface area is 179 Å². The van der Waals surface area contributed by atoms with Crippen LogP contribution < -0.4 is 25.0 Å². The zero-order valence-electron chi connectivity index (χ0n) is 19.0. The first-order chi connectivity index (χ1) is 13.8. The Morgan fingerprint density at radius 1 is 1.07 bits per heavy atom. The third-order valence-electron chi connectivity index (χ3n) is 4.45. The maximum atomic E-state index is 12.3. The van der Waals surface area contributed by atoms with Crippen LogP contribution in [0.1, 0.15) is 41.5 Å². The van der Waals surface area contributed by atoms with Crippen molar-refractivity contribution < 1.29 is 24.5 Å². The van der Waals surface area contributed by atoms with Crippen molar-refractivity contribution in [3.63, 3.8) is 0 Å². The van der Waals surface area contributed by atoms with Crippen LogP contribution in [0, 0.1) is 0 Å². The molecule has 1 amide bonds. The van der Waals surface area contributed by atoms with Crippen molar-refractivity contribution in [2.45, 2.75) is 64.8 Å². The molecular weight excluding hydrogens is 386 g/mol. The predicted molar refractivity (Wildman–Crippen MR) is 117 cm³/mol. The topological polar surface area (TPSA) is 103 Å². The molecule has 2 unspecified atom stereocenters. The molecule has 0 bridgehead atoms. The van der Waals surface area contributed by atoms with E-state index < -0.39 is 12.2 Å². The molecule has 1 aliphatic rings. The Morgan fingerprint density at radius 2 is 1.67 bits per heavy atom. The number of carbonyl (C=O) groups is 1. The van der Waals surface area contributed by atoms with E-state index in [1.165, 1.54) is 0 Å². The molecule has 170 valence electrons. The van der Waals surface area contributed by atoms with Crippen LogP contribution in [-0.2, 0) is 4.79 Å². The molecule has 1 aliphatic heterocycles. The largest absolute Gasteiger partial charge is 0.491 e. The van der Waals surface area contributed by atoms with Gasteiger partial charge in [0, 0.05) is 30.2 Å². The van der Waals surface area contributed by atoms with E-state index in [-0.39, 0.29) is 36.7 Å². The number of nitrogens with zero attached hydrogens (tertiary/aromatic N) is 1. The van der Waals surface area contributed by atoms with Gasteiger partial charge in [-0.25, -0.2) is 0 Å². The minimum Gasteiger partial charge on any atom is -0.491 e. The number of aliphatic hydroxyl groups is 2. The van der Waals surface area contributed by atoms with Gasteiger partial charge in [0.15, 0.2) is 6.61 Å². The lowest BCUT2D eigenvalue weighted by Gasteiger charge is -2.32. The number of hydrogen-bond acceptors (Lipinski definition) is 7. The second-order valence-corrected chi connectivity index (χ2v) is 9.80. The van der Waals surface area contributed by atoms with Crippen molar-refractivity contribution >= 4 is 11.6 Å². The summed E-state index contributed by atoms with van der Waals surface area (Å²) in [5.41, 5.74) is 0.403. The molecular formula is C22H37N3O5. The third-order valence-corrected chi connectivity index (χ3v) is 4.45. The number of β-amino-alcohol motifs (C(OH)–C–C–N with tert-alkyl or cyclic N) is 2.